The Morgan fingerprint density at radius 3 is 2.68 bits per heavy atom. The lowest BCUT2D eigenvalue weighted by Gasteiger charge is -2.14. The van der Waals surface area contributed by atoms with Crippen LogP contribution in [0.1, 0.15) is 39.7 Å². The number of ether oxygens (including phenoxy) is 2. The number of rotatable bonds is 8. The van der Waals surface area contributed by atoms with Gasteiger partial charge in [-0.2, -0.15) is 0 Å². The van der Waals surface area contributed by atoms with E-state index >= 15 is 0 Å². The first-order valence-corrected chi connectivity index (χ1v) is 10.3. The Balaban J connectivity index is 1.96. The van der Waals surface area contributed by atoms with Gasteiger partial charge < -0.3 is 9.47 Å². The maximum atomic E-state index is 13.1. The van der Waals surface area contributed by atoms with E-state index in [2.05, 4.69) is 4.98 Å². The van der Waals surface area contributed by atoms with Gasteiger partial charge in [-0.25, -0.2) is 9.78 Å². The van der Waals surface area contributed by atoms with Crippen molar-refractivity contribution >= 4 is 27.5 Å². The van der Waals surface area contributed by atoms with Crippen LogP contribution in [0.3, 0.4) is 0 Å². The zero-order valence-electron chi connectivity index (χ0n) is 16.3. The minimum Gasteiger partial charge on any atom is -0.494 e. The minimum absolute atomic E-state index is 0.241. The van der Waals surface area contributed by atoms with E-state index in [1.807, 2.05) is 43.5 Å². The number of benzene rings is 1. The molecule has 0 amide bonds. The summed E-state index contributed by atoms with van der Waals surface area (Å²) < 4.78 is 12.1. The van der Waals surface area contributed by atoms with Gasteiger partial charge in [-0.05, 0) is 38.0 Å². The second-order valence-corrected chi connectivity index (χ2v) is 7.30. The molecule has 3 aromatic rings. The molecule has 0 aliphatic heterocycles. The number of thiophene rings is 1. The maximum absolute atomic E-state index is 13.1. The van der Waals surface area contributed by atoms with E-state index in [4.69, 9.17) is 9.47 Å². The first-order valence-electron chi connectivity index (χ1n) is 9.45. The SMILES string of the molecule is CCCCOC(=O)[C@@H](C)n1cnc2scc(-c3ccc(OCC)cc3)c2c1=O. The van der Waals surface area contributed by atoms with E-state index in [1.54, 1.807) is 6.92 Å². The highest BCUT2D eigenvalue weighted by atomic mass is 32.1. The van der Waals surface area contributed by atoms with Gasteiger partial charge in [0.1, 0.15) is 16.6 Å². The zero-order valence-corrected chi connectivity index (χ0v) is 17.1. The van der Waals surface area contributed by atoms with E-state index in [0.717, 1.165) is 29.7 Å². The number of hydrogen-bond donors (Lipinski definition) is 0. The van der Waals surface area contributed by atoms with Crippen molar-refractivity contribution in [2.75, 3.05) is 13.2 Å². The van der Waals surface area contributed by atoms with Crippen LogP contribution in [-0.4, -0.2) is 28.7 Å². The van der Waals surface area contributed by atoms with Gasteiger partial charge in [-0.3, -0.25) is 9.36 Å². The number of nitrogens with zero attached hydrogens (tertiary/aromatic N) is 2. The summed E-state index contributed by atoms with van der Waals surface area (Å²) in [7, 11) is 0. The van der Waals surface area contributed by atoms with Crippen LogP contribution in [0.4, 0.5) is 0 Å². The number of hydrogen-bond acceptors (Lipinski definition) is 6. The predicted molar refractivity (Wildman–Crippen MR) is 111 cm³/mol. The van der Waals surface area contributed by atoms with E-state index < -0.39 is 12.0 Å². The Hall–Kier alpha value is -2.67. The highest BCUT2D eigenvalue weighted by Gasteiger charge is 2.21. The van der Waals surface area contributed by atoms with E-state index in [-0.39, 0.29) is 5.56 Å². The molecular weight excluding hydrogens is 376 g/mol. The Morgan fingerprint density at radius 1 is 1.25 bits per heavy atom. The normalized spacial score (nSPS) is 12.1. The molecule has 0 saturated heterocycles. The molecule has 0 unspecified atom stereocenters. The highest BCUT2D eigenvalue weighted by molar-refractivity contribution is 7.17. The van der Waals surface area contributed by atoms with Crippen molar-refractivity contribution < 1.29 is 14.3 Å². The largest absolute Gasteiger partial charge is 0.494 e. The smallest absolute Gasteiger partial charge is 0.328 e. The highest BCUT2D eigenvalue weighted by Crippen LogP contribution is 2.31. The molecule has 148 valence electrons. The van der Waals surface area contributed by atoms with E-state index in [9.17, 15) is 9.59 Å². The van der Waals surface area contributed by atoms with Crippen LogP contribution in [0.2, 0.25) is 0 Å². The second kappa shape index (κ2) is 9.01. The van der Waals surface area contributed by atoms with Crippen molar-refractivity contribution in [1.29, 1.82) is 0 Å². The van der Waals surface area contributed by atoms with E-state index in [1.165, 1.54) is 22.2 Å². The molecule has 0 N–H and O–H groups in total. The Bertz CT molecular complexity index is 1010. The van der Waals surface area contributed by atoms with Crippen molar-refractivity contribution in [2.45, 2.75) is 39.7 Å². The summed E-state index contributed by atoms with van der Waals surface area (Å²) in [5, 5.41) is 2.44. The van der Waals surface area contributed by atoms with Crippen molar-refractivity contribution in [3.8, 4) is 16.9 Å². The molecular formula is C21H24N2O4S. The number of fused-ring (bicyclic) bond motifs is 1. The molecule has 1 aromatic carbocycles. The first kappa shape index (κ1) is 20.1. The average molecular weight is 401 g/mol. The summed E-state index contributed by atoms with van der Waals surface area (Å²) >= 11 is 1.41. The number of carbonyl (C=O) groups is 1. The fourth-order valence-electron chi connectivity index (χ4n) is 2.88. The second-order valence-electron chi connectivity index (χ2n) is 6.44. The van der Waals surface area contributed by atoms with E-state index in [0.29, 0.717) is 23.4 Å². The van der Waals surface area contributed by atoms with Crippen LogP contribution in [0, 0.1) is 0 Å². The molecule has 0 radical (unpaired) electrons. The molecule has 0 bridgehead atoms. The molecule has 0 saturated carbocycles. The standard InChI is InChI=1S/C21H24N2O4S/c1-4-6-11-27-21(25)14(3)23-13-22-19-18(20(23)24)17(12-28-19)15-7-9-16(10-8-15)26-5-2/h7-10,12-14H,4-6,11H2,1-3H3/t14-/m1/s1. The van der Waals surface area contributed by atoms with Crippen LogP contribution < -0.4 is 10.3 Å². The van der Waals surface area contributed by atoms with Crippen molar-refractivity contribution in [3.63, 3.8) is 0 Å². The molecule has 6 nitrogen and oxygen atoms in total. The molecule has 0 spiro atoms. The fraction of sp³-hybridized carbons (Fsp3) is 0.381. The minimum atomic E-state index is -0.727. The Labute approximate surface area is 167 Å². The van der Waals surface area contributed by atoms with Crippen LogP contribution in [0.25, 0.3) is 21.3 Å². The topological polar surface area (TPSA) is 70.4 Å². The summed E-state index contributed by atoms with van der Waals surface area (Å²) in [6.07, 6.45) is 3.17. The van der Waals surface area contributed by atoms with Crippen LogP contribution in [-0.2, 0) is 9.53 Å². The molecule has 7 heteroatoms. The monoisotopic (exact) mass is 400 g/mol. The molecule has 0 aliphatic rings. The van der Waals surface area contributed by atoms with Crippen LogP contribution in [0.15, 0.2) is 40.8 Å². The third-order valence-electron chi connectivity index (χ3n) is 4.50. The summed E-state index contributed by atoms with van der Waals surface area (Å²) in [4.78, 5) is 30.4. The van der Waals surface area contributed by atoms with Gasteiger partial charge in [0, 0.05) is 10.9 Å². The van der Waals surface area contributed by atoms with Gasteiger partial charge in [-0.1, -0.05) is 25.5 Å². The van der Waals surface area contributed by atoms with Crippen molar-refractivity contribution in [1.82, 2.24) is 9.55 Å². The van der Waals surface area contributed by atoms with Crippen LogP contribution in [0.5, 0.6) is 5.75 Å². The van der Waals surface area contributed by atoms with Gasteiger partial charge in [0.25, 0.3) is 5.56 Å². The quantitative estimate of drug-likeness (QED) is 0.413. The van der Waals surface area contributed by atoms with Gasteiger partial charge in [-0.15, -0.1) is 11.3 Å². The van der Waals surface area contributed by atoms with Gasteiger partial charge >= 0.3 is 5.97 Å². The maximum Gasteiger partial charge on any atom is 0.328 e. The molecule has 28 heavy (non-hydrogen) atoms. The Morgan fingerprint density at radius 2 is 2.00 bits per heavy atom. The lowest BCUT2D eigenvalue weighted by Crippen LogP contribution is -2.29. The van der Waals surface area contributed by atoms with Gasteiger partial charge in [0.05, 0.1) is 24.9 Å². The third kappa shape index (κ3) is 4.09. The number of esters is 1. The third-order valence-corrected chi connectivity index (χ3v) is 5.38. The van der Waals surface area contributed by atoms with Gasteiger partial charge in [0.2, 0.25) is 0 Å². The molecule has 2 heterocycles. The first-order chi connectivity index (χ1) is 13.6. The molecule has 0 fully saturated rings. The Kier molecular flexibility index (Phi) is 6.46. The molecule has 2 aromatic heterocycles. The number of carbonyl (C=O) groups excluding carboxylic acids is 1. The summed E-state index contributed by atoms with van der Waals surface area (Å²) in [5.41, 5.74) is 1.47. The molecule has 1 atom stereocenters. The summed E-state index contributed by atoms with van der Waals surface area (Å²) in [6, 6.07) is 6.88. The summed E-state index contributed by atoms with van der Waals surface area (Å²) in [5.74, 6) is 0.360. The lowest BCUT2D eigenvalue weighted by atomic mass is 10.1. The zero-order chi connectivity index (χ0) is 20.1. The van der Waals surface area contributed by atoms with Crippen LogP contribution >= 0.6 is 11.3 Å². The molecule has 3 rings (SSSR count). The molecule has 0 aliphatic carbocycles. The van der Waals surface area contributed by atoms with Crippen molar-refractivity contribution in [2.24, 2.45) is 0 Å². The lowest BCUT2D eigenvalue weighted by molar-refractivity contribution is -0.147. The predicted octanol–water partition coefficient (Wildman–Crippen LogP) is 4.43. The number of unbranched alkanes of at least 4 members (excludes halogenated alkanes) is 1. The van der Waals surface area contributed by atoms with Crippen molar-refractivity contribution in [3.05, 3.63) is 46.3 Å². The fourth-order valence-corrected chi connectivity index (χ4v) is 3.79. The van der Waals surface area contributed by atoms with Gasteiger partial charge in [0.15, 0.2) is 0 Å². The average Bonchev–Trinajstić information content (AvgIpc) is 3.14. The number of aromatic nitrogens is 2. The summed E-state index contributed by atoms with van der Waals surface area (Å²) in [6.45, 7) is 6.58.